The van der Waals surface area contributed by atoms with Crippen molar-refractivity contribution < 1.29 is 9.47 Å². The lowest BCUT2D eigenvalue weighted by Gasteiger charge is -2.34. The van der Waals surface area contributed by atoms with Crippen molar-refractivity contribution in [3.63, 3.8) is 0 Å². The minimum Gasteiger partial charge on any atom is -0.378 e. The number of fused-ring (bicyclic) bond motifs is 5. The van der Waals surface area contributed by atoms with Crippen molar-refractivity contribution in [3.8, 4) is 0 Å². The molecule has 3 aliphatic heterocycles. The number of hydrogen-bond donors (Lipinski definition) is 0. The van der Waals surface area contributed by atoms with E-state index < -0.39 is 0 Å². The first-order valence-electron chi connectivity index (χ1n) is 10.9. The molecule has 0 aliphatic carbocycles. The van der Waals surface area contributed by atoms with Crippen molar-refractivity contribution in [2.24, 2.45) is 0 Å². The van der Waals surface area contributed by atoms with Gasteiger partial charge in [0.2, 0.25) is 0 Å². The standard InChI is InChI=1S/C22H27N5O2S/c1-22(2)11-14-15(12-29-22)19(26-5-3-4-6-26)25-21-16(14)17-18(30-21)20(24-13-23-17)27-7-9-28-10-8-27/h13H,3-12H2,1-2H3. The number of anilines is 2. The highest BCUT2D eigenvalue weighted by atomic mass is 32.1. The van der Waals surface area contributed by atoms with E-state index in [-0.39, 0.29) is 5.60 Å². The smallest absolute Gasteiger partial charge is 0.150 e. The van der Waals surface area contributed by atoms with E-state index in [4.69, 9.17) is 19.4 Å². The van der Waals surface area contributed by atoms with E-state index in [0.29, 0.717) is 6.61 Å². The van der Waals surface area contributed by atoms with Crippen LogP contribution in [0.25, 0.3) is 20.4 Å². The number of ether oxygens (including phenoxy) is 2. The molecular weight excluding hydrogens is 398 g/mol. The van der Waals surface area contributed by atoms with E-state index >= 15 is 0 Å². The number of thiophene rings is 1. The number of morpholine rings is 1. The maximum absolute atomic E-state index is 6.23. The average molecular weight is 426 g/mol. The zero-order chi connectivity index (χ0) is 20.3. The van der Waals surface area contributed by atoms with E-state index in [1.165, 1.54) is 29.4 Å². The van der Waals surface area contributed by atoms with Crippen molar-refractivity contribution in [1.82, 2.24) is 15.0 Å². The minimum absolute atomic E-state index is 0.183. The zero-order valence-corrected chi connectivity index (χ0v) is 18.4. The molecule has 0 atom stereocenters. The normalized spacial score (nSPS) is 21.5. The Balaban J connectivity index is 1.60. The van der Waals surface area contributed by atoms with Gasteiger partial charge < -0.3 is 19.3 Å². The van der Waals surface area contributed by atoms with E-state index in [2.05, 4.69) is 28.6 Å². The summed E-state index contributed by atoms with van der Waals surface area (Å²) in [4.78, 5) is 20.5. The van der Waals surface area contributed by atoms with E-state index in [1.807, 2.05) is 0 Å². The minimum atomic E-state index is -0.183. The number of nitrogens with zero attached hydrogens (tertiary/aromatic N) is 5. The first-order chi connectivity index (χ1) is 14.6. The second-order valence-corrected chi connectivity index (χ2v) is 10.1. The molecule has 0 unspecified atom stereocenters. The van der Waals surface area contributed by atoms with Gasteiger partial charge in [0, 0.05) is 43.5 Å². The highest BCUT2D eigenvalue weighted by molar-refractivity contribution is 7.26. The van der Waals surface area contributed by atoms with Gasteiger partial charge in [-0.05, 0) is 32.3 Å². The molecule has 30 heavy (non-hydrogen) atoms. The summed E-state index contributed by atoms with van der Waals surface area (Å²) >= 11 is 1.74. The Hall–Kier alpha value is -2.03. The second kappa shape index (κ2) is 7.00. The Morgan fingerprint density at radius 1 is 0.967 bits per heavy atom. The molecule has 3 aromatic heterocycles. The fourth-order valence-electron chi connectivity index (χ4n) is 4.97. The highest BCUT2D eigenvalue weighted by Gasteiger charge is 2.33. The average Bonchev–Trinajstić information content (AvgIpc) is 3.40. The fourth-order valence-corrected chi connectivity index (χ4v) is 6.14. The van der Waals surface area contributed by atoms with Gasteiger partial charge in [0.05, 0.1) is 35.6 Å². The van der Waals surface area contributed by atoms with Gasteiger partial charge in [0.25, 0.3) is 0 Å². The summed E-state index contributed by atoms with van der Waals surface area (Å²) in [6.07, 6.45) is 5.06. The van der Waals surface area contributed by atoms with Crippen LogP contribution in [0.4, 0.5) is 11.6 Å². The van der Waals surface area contributed by atoms with Crippen LogP contribution >= 0.6 is 11.3 Å². The van der Waals surface area contributed by atoms with Crippen molar-refractivity contribution in [2.45, 2.75) is 45.3 Å². The largest absolute Gasteiger partial charge is 0.378 e. The molecule has 2 fully saturated rings. The van der Waals surface area contributed by atoms with Crippen LogP contribution in [0.15, 0.2) is 6.33 Å². The molecule has 7 nitrogen and oxygen atoms in total. The SMILES string of the molecule is CC1(C)Cc2c(c(N3CCCC3)nc3sc4c(N5CCOCC5)ncnc4c23)CO1. The molecule has 158 valence electrons. The van der Waals surface area contributed by atoms with Gasteiger partial charge in [-0.3, -0.25) is 0 Å². The number of pyridine rings is 1. The third-order valence-corrected chi connectivity index (χ3v) is 7.57. The molecule has 0 N–H and O–H groups in total. The Bertz CT molecular complexity index is 1120. The van der Waals surface area contributed by atoms with Crippen LogP contribution in [0.3, 0.4) is 0 Å². The monoisotopic (exact) mass is 425 g/mol. The summed E-state index contributed by atoms with van der Waals surface area (Å²) in [5.74, 6) is 2.15. The maximum Gasteiger partial charge on any atom is 0.150 e. The molecule has 0 saturated carbocycles. The predicted molar refractivity (Wildman–Crippen MR) is 120 cm³/mol. The summed E-state index contributed by atoms with van der Waals surface area (Å²) in [6.45, 7) is 10.4. The van der Waals surface area contributed by atoms with Crippen LogP contribution in [0.2, 0.25) is 0 Å². The first kappa shape index (κ1) is 18.7. The summed E-state index contributed by atoms with van der Waals surface area (Å²) < 4.78 is 12.9. The van der Waals surface area contributed by atoms with Gasteiger partial charge in [-0.1, -0.05) is 0 Å². The van der Waals surface area contributed by atoms with E-state index in [9.17, 15) is 0 Å². The van der Waals surface area contributed by atoms with Crippen LogP contribution < -0.4 is 9.80 Å². The van der Waals surface area contributed by atoms with E-state index in [0.717, 1.165) is 72.5 Å². The van der Waals surface area contributed by atoms with Crippen molar-refractivity contribution in [3.05, 3.63) is 17.5 Å². The van der Waals surface area contributed by atoms with Gasteiger partial charge >= 0.3 is 0 Å². The lowest BCUT2D eigenvalue weighted by Crippen LogP contribution is -2.36. The number of hydrogen-bond acceptors (Lipinski definition) is 8. The predicted octanol–water partition coefficient (Wildman–Crippen LogP) is 3.53. The van der Waals surface area contributed by atoms with Crippen molar-refractivity contribution in [2.75, 3.05) is 49.2 Å². The number of aromatic nitrogens is 3. The molecular formula is C22H27N5O2S. The fraction of sp³-hybridized carbons (Fsp3) is 0.591. The van der Waals surface area contributed by atoms with Crippen molar-refractivity contribution in [1.29, 1.82) is 0 Å². The molecule has 6 rings (SSSR count). The second-order valence-electron chi connectivity index (χ2n) is 9.07. The van der Waals surface area contributed by atoms with Crippen LogP contribution in [0, 0.1) is 0 Å². The Kier molecular flexibility index (Phi) is 4.37. The summed E-state index contributed by atoms with van der Waals surface area (Å²) in [6, 6.07) is 0. The lowest BCUT2D eigenvalue weighted by molar-refractivity contribution is -0.0395. The first-order valence-corrected chi connectivity index (χ1v) is 11.7. The molecule has 2 saturated heterocycles. The Labute approximate surface area is 180 Å². The van der Waals surface area contributed by atoms with Gasteiger partial charge in [-0.2, -0.15) is 0 Å². The molecule has 6 heterocycles. The zero-order valence-electron chi connectivity index (χ0n) is 17.6. The van der Waals surface area contributed by atoms with Crippen LogP contribution in [-0.4, -0.2) is 59.9 Å². The van der Waals surface area contributed by atoms with Gasteiger partial charge in [0.1, 0.15) is 22.8 Å². The summed E-state index contributed by atoms with van der Waals surface area (Å²) in [5.41, 5.74) is 3.49. The maximum atomic E-state index is 6.23. The molecule has 0 spiro atoms. The summed E-state index contributed by atoms with van der Waals surface area (Å²) in [7, 11) is 0. The Morgan fingerprint density at radius 2 is 1.73 bits per heavy atom. The third-order valence-electron chi connectivity index (χ3n) is 6.50. The lowest BCUT2D eigenvalue weighted by atomic mass is 9.90. The van der Waals surface area contributed by atoms with Gasteiger partial charge in [0.15, 0.2) is 0 Å². The molecule has 8 heteroatoms. The number of rotatable bonds is 2. The molecule has 0 bridgehead atoms. The van der Waals surface area contributed by atoms with Gasteiger partial charge in [-0.25, -0.2) is 15.0 Å². The van der Waals surface area contributed by atoms with Crippen LogP contribution in [-0.2, 0) is 22.5 Å². The van der Waals surface area contributed by atoms with Crippen LogP contribution in [0.5, 0.6) is 0 Å². The highest BCUT2D eigenvalue weighted by Crippen LogP contribution is 2.44. The van der Waals surface area contributed by atoms with Crippen LogP contribution in [0.1, 0.15) is 37.8 Å². The summed E-state index contributed by atoms with van der Waals surface area (Å²) in [5, 5.41) is 1.21. The molecule has 3 aromatic rings. The molecule has 0 aromatic carbocycles. The molecule has 0 amide bonds. The molecule has 3 aliphatic rings. The third kappa shape index (κ3) is 2.96. The molecule has 0 radical (unpaired) electrons. The quantitative estimate of drug-likeness (QED) is 0.622. The topological polar surface area (TPSA) is 63.6 Å². The van der Waals surface area contributed by atoms with E-state index in [1.54, 1.807) is 17.7 Å². The van der Waals surface area contributed by atoms with Crippen molar-refractivity contribution >= 4 is 43.4 Å². The van der Waals surface area contributed by atoms with Gasteiger partial charge in [-0.15, -0.1) is 11.3 Å². The Morgan fingerprint density at radius 3 is 2.53 bits per heavy atom.